The fourth-order valence-corrected chi connectivity index (χ4v) is 2.53. The number of nitrogens with zero attached hydrogens (tertiary/aromatic N) is 2. The number of amides is 1. The summed E-state index contributed by atoms with van der Waals surface area (Å²) in [7, 11) is 0. The molecule has 0 aliphatic carbocycles. The minimum absolute atomic E-state index is 0.0192. The summed E-state index contributed by atoms with van der Waals surface area (Å²) < 4.78 is 7.53. The van der Waals surface area contributed by atoms with Crippen LogP contribution in [0.25, 0.3) is 0 Å². The Morgan fingerprint density at radius 1 is 1.55 bits per heavy atom. The Bertz CT molecular complexity index is 458. The van der Waals surface area contributed by atoms with Crippen LogP contribution in [0.1, 0.15) is 30.7 Å². The molecule has 2 atom stereocenters. The van der Waals surface area contributed by atoms with E-state index in [0.717, 1.165) is 37.2 Å². The highest BCUT2D eigenvalue weighted by Gasteiger charge is 2.29. The molecule has 3 N–H and O–H groups in total. The summed E-state index contributed by atoms with van der Waals surface area (Å²) in [6.45, 7) is 5.97. The van der Waals surface area contributed by atoms with Crippen LogP contribution in [0.4, 0.5) is 0 Å². The molecular weight excluding hydrogens is 256 g/mol. The van der Waals surface area contributed by atoms with E-state index in [1.54, 1.807) is 0 Å². The van der Waals surface area contributed by atoms with Crippen molar-refractivity contribution in [2.24, 2.45) is 5.73 Å². The summed E-state index contributed by atoms with van der Waals surface area (Å²) >= 11 is 0. The van der Waals surface area contributed by atoms with Gasteiger partial charge in [0, 0.05) is 25.3 Å². The maximum Gasteiger partial charge on any atom is 0.249 e. The van der Waals surface area contributed by atoms with Gasteiger partial charge in [0.05, 0.1) is 11.8 Å². The zero-order valence-corrected chi connectivity index (χ0v) is 12.3. The Hall–Kier alpha value is -1.40. The number of hydrogen-bond acceptors (Lipinski definition) is 4. The predicted molar refractivity (Wildman–Crippen MR) is 76.3 cm³/mol. The van der Waals surface area contributed by atoms with Crippen LogP contribution in [0.2, 0.25) is 0 Å². The first-order chi connectivity index (χ1) is 9.60. The topological polar surface area (TPSA) is 82.2 Å². The van der Waals surface area contributed by atoms with Crippen LogP contribution in [-0.4, -0.2) is 41.0 Å². The van der Waals surface area contributed by atoms with Gasteiger partial charge in [-0.15, -0.1) is 0 Å². The Kier molecular flexibility index (Phi) is 5.14. The SMILES string of the molecule is Cc1cc(C)n(CCCNC(=O)[C@@H]2CC[C@H](CN)O2)n1. The summed E-state index contributed by atoms with van der Waals surface area (Å²) in [5.74, 6) is -0.0192. The average Bonchev–Trinajstić information content (AvgIpc) is 3.01. The molecule has 112 valence electrons. The largest absolute Gasteiger partial charge is 0.364 e. The molecule has 0 bridgehead atoms. The molecule has 1 aliphatic rings. The highest BCUT2D eigenvalue weighted by atomic mass is 16.5. The first-order valence-electron chi connectivity index (χ1n) is 7.24. The summed E-state index contributed by atoms with van der Waals surface area (Å²) in [4.78, 5) is 11.9. The summed E-state index contributed by atoms with van der Waals surface area (Å²) in [6, 6.07) is 2.05. The number of nitrogens with one attached hydrogen (secondary N) is 1. The van der Waals surface area contributed by atoms with Crippen molar-refractivity contribution in [1.82, 2.24) is 15.1 Å². The first-order valence-corrected chi connectivity index (χ1v) is 7.24. The van der Waals surface area contributed by atoms with E-state index in [4.69, 9.17) is 10.5 Å². The normalized spacial score (nSPS) is 22.1. The fraction of sp³-hybridized carbons (Fsp3) is 0.714. The van der Waals surface area contributed by atoms with Crippen molar-refractivity contribution in [3.05, 3.63) is 17.5 Å². The van der Waals surface area contributed by atoms with Crippen molar-refractivity contribution < 1.29 is 9.53 Å². The van der Waals surface area contributed by atoms with Gasteiger partial charge in [-0.1, -0.05) is 0 Å². The van der Waals surface area contributed by atoms with Crippen LogP contribution in [0.15, 0.2) is 6.07 Å². The number of ether oxygens (including phenoxy) is 1. The average molecular weight is 280 g/mol. The monoisotopic (exact) mass is 280 g/mol. The van der Waals surface area contributed by atoms with E-state index in [1.807, 2.05) is 18.5 Å². The molecule has 6 heteroatoms. The molecule has 2 heterocycles. The number of aromatic nitrogens is 2. The zero-order valence-electron chi connectivity index (χ0n) is 12.3. The van der Waals surface area contributed by atoms with E-state index in [-0.39, 0.29) is 18.1 Å². The molecule has 1 amide bonds. The number of carbonyl (C=O) groups excluding carboxylic acids is 1. The molecule has 1 aromatic heterocycles. The molecule has 1 fully saturated rings. The van der Waals surface area contributed by atoms with E-state index >= 15 is 0 Å². The third kappa shape index (κ3) is 3.80. The van der Waals surface area contributed by atoms with E-state index in [9.17, 15) is 4.79 Å². The second kappa shape index (κ2) is 6.85. The zero-order chi connectivity index (χ0) is 14.5. The standard InChI is InChI=1S/C14H24N4O2/c1-10-8-11(2)18(17-10)7-3-6-16-14(19)13-5-4-12(9-15)20-13/h8,12-13H,3-7,9,15H2,1-2H3,(H,16,19)/t12-,13+/m1/s1. The molecule has 0 unspecified atom stereocenters. The van der Waals surface area contributed by atoms with Crippen LogP contribution in [-0.2, 0) is 16.1 Å². The molecule has 0 saturated carbocycles. The van der Waals surface area contributed by atoms with Gasteiger partial charge in [-0.3, -0.25) is 9.48 Å². The summed E-state index contributed by atoms with van der Waals surface area (Å²) in [5.41, 5.74) is 7.71. The van der Waals surface area contributed by atoms with Gasteiger partial charge in [0.1, 0.15) is 6.10 Å². The highest BCUT2D eigenvalue weighted by Crippen LogP contribution is 2.18. The Balaban J connectivity index is 1.66. The Labute approximate surface area is 119 Å². The lowest BCUT2D eigenvalue weighted by atomic mass is 10.2. The maximum absolute atomic E-state index is 11.9. The van der Waals surface area contributed by atoms with Crippen molar-refractivity contribution >= 4 is 5.91 Å². The van der Waals surface area contributed by atoms with Gasteiger partial charge in [0.2, 0.25) is 5.91 Å². The van der Waals surface area contributed by atoms with Crippen LogP contribution in [0.3, 0.4) is 0 Å². The van der Waals surface area contributed by atoms with Gasteiger partial charge in [-0.2, -0.15) is 5.10 Å². The minimum atomic E-state index is -0.322. The molecule has 1 aromatic rings. The Morgan fingerprint density at radius 3 is 2.95 bits per heavy atom. The molecule has 2 rings (SSSR count). The predicted octanol–water partition coefficient (Wildman–Crippen LogP) is 0.513. The molecule has 20 heavy (non-hydrogen) atoms. The quantitative estimate of drug-likeness (QED) is 0.744. The molecule has 0 spiro atoms. The van der Waals surface area contributed by atoms with Gasteiger partial charge in [0.15, 0.2) is 0 Å². The number of carbonyl (C=O) groups is 1. The van der Waals surface area contributed by atoms with Gasteiger partial charge < -0.3 is 15.8 Å². The van der Waals surface area contributed by atoms with E-state index in [0.29, 0.717) is 13.1 Å². The van der Waals surface area contributed by atoms with Gasteiger partial charge in [0.25, 0.3) is 0 Å². The molecule has 1 saturated heterocycles. The first kappa shape index (κ1) is 15.0. The third-order valence-electron chi connectivity index (χ3n) is 3.61. The number of rotatable bonds is 6. The summed E-state index contributed by atoms with van der Waals surface area (Å²) in [6.07, 6.45) is 2.23. The van der Waals surface area contributed by atoms with Crippen LogP contribution < -0.4 is 11.1 Å². The number of nitrogens with two attached hydrogens (primary N) is 1. The lowest BCUT2D eigenvalue weighted by Crippen LogP contribution is -2.36. The van der Waals surface area contributed by atoms with Gasteiger partial charge >= 0.3 is 0 Å². The van der Waals surface area contributed by atoms with Crippen molar-refractivity contribution in [3.63, 3.8) is 0 Å². The highest BCUT2D eigenvalue weighted by molar-refractivity contribution is 5.80. The van der Waals surface area contributed by atoms with Crippen LogP contribution in [0, 0.1) is 13.8 Å². The van der Waals surface area contributed by atoms with Crippen LogP contribution in [0.5, 0.6) is 0 Å². The second-order valence-electron chi connectivity index (χ2n) is 5.35. The Morgan fingerprint density at radius 2 is 2.35 bits per heavy atom. The lowest BCUT2D eigenvalue weighted by molar-refractivity contribution is -0.131. The summed E-state index contributed by atoms with van der Waals surface area (Å²) in [5, 5.41) is 7.31. The lowest BCUT2D eigenvalue weighted by Gasteiger charge is -2.12. The third-order valence-corrected chi connectivity index (χ3v) is 3.61. The molecule has 6 nitrogen and oxygen atoms in total. The van der Waals surface area contributed by atoms with Gasteiger partial charge in [-0.25, -0.2) is 0 Å². The number of hydrogen-bond donors (Lipinski definition) is 2. The smallest absolute Gasteiger partial charge is 0.249 e. The molecule has 1 aliphatic heterocycles. The van der Waals surface area contributed by atoms with Crippen molar-refractivity contribution in [2.75, 3.05) is 13.1 Å². The molecule has 0 aromatic carbocycles. The fourth-order valence-electron chi connectivity index (χ4n) is 2.53. The second-order valence-corrected chi connectivity index (χ2v) is 5.35. The van der Waals surface area contributed by atoms with Crippen LogP contribution >= 0.6 is 0 Å². The van der Waals surface area contributed by atoms with E-state index in [2.05, 4.69) is 16.5 Å². The minimum Gasteiger partial charge on any atom is -0.364 e. The van der Waals surface area contributed by atoms with E-state index in [1.165, 1.54) is 0 Å². The van der Waals surface area contributed by atoms with Crippen molar-refractivity contribution in [3.8, 4) is 0 Å². The van der Waals surface area contributed by atoms with E-state index < -0.39 is 0 Å². The van der Waals surface area contributed by atoms with Gasteiger partial charge in [-0.05, 0) is 39.2 Å². The number of aryl methyl sites for hydroxylation is 3. The molecule has 0 radical (unpaired) electrons. The van der Waals surface area contributed by atoms with Crippen molar-refractivity contribution in [2.45, 2.75) is 51.9 Å². The maximum atomic E-state index is 11.9. The molecular formula is C14H24N4O2. The van der Waals surface area contributed by atoms with Crippen molar-refractivity contribution in [1.29, 1.82) is 0 Å².